The fraction of sp³-hybridized carbons (Fsp3) is 0.160. The van der Waals surface area contributed by atoms with Crippen molar-refractivity contribution >= 4 is 15.7 Å². The minimum atomic E-state index is -4.11. The number of oxazole rings is 1. The zero-order valence-corrected chi connectivity index (χ0v) is 19.5. The minimum Gasteiger partial charge on any atom is -0.497 e. The lowest BCUT2D eigenvalue weighted by molar-refractivity contribution is 0.171. The van der Waals surface area contributed by atoms with Gasteiger partial charge in [0, 0.05) is 18.2 Å². The summed E-state index contributed by atoms with van der Waals surface area (Å²) >= 11 is 0. The van der Waals surface area contributed by atoms with Crippen LogP contribution in [-0.4, -0.2) is 33.7 Å². The number of sulfone groups is 1. The zero-order valence-electron chi connectivity index (χ0n) is 18.7. The molecule has 0 amide bonds. The molecule has 0 bridgehead atoms. The first kappa shape index (κ1) is 22.7. The Bertz CT molecular complexity index is 1450. The Kier molecular flexibility index (Phi) is 6.04. The summed E-state index contributed by atoms with van der Waals surface area (Å²) in [7, 11) is -2.53. The molecule has 0 atom stereocenters. The van der Waals surface area contributed by atoms with Gasteiger partial charge >= 0.3 is 0 Å². The van der Waals surface area contributed by atoms with Crippen LogP contribution in [0.5, 0.6) is 17.2 Å². The number of hydrogen-bond donors (Lipinski definition) is 1. The highest BCUT2D eigenvalue weighted by molar-refractivity contribution is 7.91. The van der Waals surface area contributed by atoms with Gasteiger partial charge < -0.3 is 23.9 Å². The Hall–Kier alpha value is -4.05. The number of halogens is 1. The lowest BCUT2D eigenvalue weighted by Crippen LogP contribution is -2.16. The maximum atomic E-state index is 13.6. The van der Waals surface area contributed by atoms with Gasteiger partial charge in [-0.2, -0.15) is 4.98 Å². The van der Waals surface area contributed by atoms with Crippen LogP contribution in [0.4, 0.5) is 10.3 Å². The van der Waals surface area contributed by atoms with E-state index < -0.39 is 15.7 Å². The average molecular weight is 497 g/mol. The van der Waals surface area contributed by atoms with Crippen molar-refractivity contribution in [3.05, 3.63) is 78.1 Å². The van der Waals surface area contributed by atoms with Crippen LogP contribution < -0.4 is 19.5 Å². The van der Waals surface area contributed by atoms with Gasteiger partial charge in [-0.05, 0) is 54.1 Å². The number of benzene rings is 3. The molecule has 10 heteroatoms. The first-order valence-corrected chi connectivity index (χ1v) is 12.2. The molecule has 0 saturated heterocycles. The molecule has 1 aliphatic rings. The summed E-state index contributed by atoms with van der Waals surface area (Å²) < 4.78 is 62.6. The molecule has 35 heavy (non-hydrogen) atoms. The summed E-state index contributed by atoms with van der Waals surface area (Å²) in [6, 6.07) is 17.1. The number of rotatable bonds is 7. The van der Waals surface area contributed by atoms with Crippen LogP contribution >= 0.6 is 0 Å². The summed E-state index contributed by atoms with van der Waals surface area (Å²) in [5.41, 5.74) is 1.30. The first-order valence-electron chi connectivity index (χ1n) is 10.7. The number of methoxy groups -OCH3 is 1. The van der Waals surface area contributed by atoms with Crippen molar-refractivity contribution in [3.63, 3.8) is 0 Å². The summed E-state index contributed by atoms with van der Waals surface area (Å²) in [4.78, 5) is 4.26. The molecule has 3 aromatic carbocycles. The summed E-state index contributed by atoms with van der Waals surface area (Å²) in [6.45, 7) is 0.985. The molecule has 0 radical (unpaired) electrons. The van der Waals surface area contributed by atoms with E-state index in [1.807, 2.05) is 12.1 Å². The predicted octanol–water partition coefficient (Wildman–Crippen LogP) is 4.71. The van der Waals surface area contributed by atoms with Gasteiger partial charge in [0.25, 0.3) is 0 Å². The first-order chi connectivity index (χ1) is 16.9. The number of hydrogen-bond acceptors (Lipinski definition) is 8. The van der Waals surface area contributed by atoms with Gasteiger partial charge in [0.1, 0.15) is 24.8 Å². The summed E-state index contributed by atoms with van der Waals surface area (Å²) in [5, 5.41) is 2.74. The highest BCUT2D eigenvalue weighted by Crippen LogP contribution is 2.37. The van der Waals surface area contributed by atoms with E-state index in [9.17, 15) is 12.8 Å². The molecule has 0 spiro atoms. The van der Waals surface area contributed by atoms with Gasteiger partial charge in [-0.1, -0.05) is 12.1 Å². The van der Waals surface area contributed by atoms with Crippen molar-refractivity contribution in [1.29, 1.82) is 0 Å². The highest BCUT2D eigenvalue weighted by atomic mass is 32.2. The molecular formula is C25H21FN2O6S. The number of nitrogens with zero attached hydrogens (tertiary/aromatic N) is 1. The molecule has 1 aliphatic heterocycles. The molecule has 0 saturated carbocycles. The standard InChI is InChI=1S/C25H21FN2O6S/c1-31-19-8-2-16(3-9-19)15-27-24-25(28-23(34-24)17-4-6-18(26)7-5-17)35(29,30)20-10-11-21-22(14-20)33-13-12-32-21/h2-11,14,27H,12-13,15H2,1H3. The topological polar surface area (TPSA) is 99.9 Å². The molecule has 1 aromatic heterocycles. The van der Waals surface area contributed by atoms with E-state index in [2.05, 4.69) is 10.3 Å². The normalized spacial score (nSPS) is 12.9. The molecule has 180 valence electrons. The van der Waals surface area contributed by atoms with Gasteiger partial charge in [0.2, 0.25) is 26.6 Å². The molecule has 0 unspecified atom stereocenters. The van der Waals surface area contributed by atoms with E-state index in [0.29, 0.717) is 36.0 Å². The number of nitrogens with one attached hydrogen (secondary N) is 1. The largest absolute Gasteiger partial charge is 0.497 e. The van der Waals surface area contributed by atoms with E-state index in [1.165, 1.54) is 36.4 Å². The van der Waals surface area contributed by atoms with E-state index in [-0.39, 0.29) is 28.2 Å². The Morgan fingerprint density at radius 2 is 1.69 bits per heavy atom. The second-order valence-corrected chi connectivity index (χ2v) is 9.54. The molecule has 4 aromatic rings. The van der Waals surface area contributed by atoms with Crippen molar-refractivity contribution in [1.82, 2.24) is 4.98 Å². The Balaban J connectivity index is 1.52. The van der Waals surface area contributed by atoms with Gasteiger partial charge in [-0.25, -0.2) is 12.8 Å². The quantitative estimate of drug-likeness (QED) is 0.393. The monoisotopic (exact) mass is 496 g/mol. The third kappa shape index (κ3) is 4.65. The third-order valence-electron chi connectivity index (χ3n) is 5.38. The van der Waals surface area contributed by atoms with Crippen LogP contribution in [-0.2, 0) is 16.4 Å². The Morgan fingerprint density at radius 1 is 0.971 bits per heavy atom. The van der Waals surface area contributed by atoms with Crippen molar-refractivity contribution in [2.75, 3.05) is 25.6 Å². The lowest BCUT2D eigenvalue weighted by atomic mass is 10.2. The maximum absolute atomic E-state index is 13.6. The van der Waals surface area contributed by atoms with E-state index >= 15 is 0 Å². The fourth-order valence-electron chi connectivity index (χ4n) is 3.54. The molecule has 5 rings (SSSR count). The van der Waals surface area contributed by atoms with Crippen LogP contribution in [0.1, 0.15) is 5.56 Å². The predicted molar refractivity (Wildman–Crippen MR) is 125 cm³/mol. The Morgan fingerprint density at radius 3 is 2.40 bits per heavy atom. The fourth-order valence-corrected chi connectivity index (χ4v) is 4.84. The molecule has 0 fully saturated rings. The second kappa shape index (κ2) is 9.30. The van der Waals surface area contributed by atoms with E-state index in [4.69, 9.17) is 18.6 Å². The zero-order chi connectivity index (χ0) is 24.4. The molecule has 2 heterocycles. The number of ether oxygens (including phenoxy) is 3. The van der Waals surface area contributed by atoms with Crippen molar-refractivity contribution in [2.24, 2.45) is 0 Å². The second-order valence-electron chi connectivity index (χ2n) is 7.67. The van der Waals surface area contributed by atoms with E-state index in [1.54, 1.807) is 25.3 Å². The van der Waals surface area contributed by atoms with Gasteiger partial charge in [0.15, 0.2) is 11.5 Å². The van der Waals surface area contributed by atoms with Gasteiger partial charge in [0.05, 0.1) is 12.0 Å². The van der Waals surface area contributed by atoms with Crippen LogP contribution in [0.2, 0.25) is 0 Å². The van der Waals surface area contributed by atoms with Crippen molar-refractivity contribution in [3.8, 4) is 28.7 Å². The highest BCUT2D eigenvalue weighted by Gasteiger charge is 2.30. The average Bonchev–Trinajstić information content (AvgIpc) is 3.33. The number of anilines is 1. The summed E-state index contributed by atoms with van der Waals surface area (Å²) in [6.07, 6.45) is 0. The number of fused-ring (bicyclic) bond motifs is 1. The van der Waals surface area contributed by atoms with Crippen molar-refractivity contribution < 1.29 is 31.4 Å². The van der Waals surface area contributed by atoms with Crippen LogP contribution in [0, 0.1) is 5.82 Å². The Labute approximate surface area is 201 Å². The van der Waals surface area contributed by atoms with Crippen molar-refractivity contribution in [2.45, 2.75) is 16.5 Å². The van der Waals surface area contributed by atoms with E-state index in [0.717, 1.165) is 5.56 Å². The smallest absolute Gasteiger partial charge is 0.234 e. The molecule has 0 aliphatic carbocycles. The third-order valence-corrected chi connectivity index (χ3v) is 7.04. The van der Waals surface area contributed by atoms with Crippen LogP contribution in [0.25, 0.3) is 11.5 Å². The SMILES string of the molecule is COc1ccc(CNc2oc(-c3ccc(F)cc3)nc2S(=O)(=O)c2ccc3c(c2)OCCO3)cc1. The van der Waals surface area contributed by atoms with Crippen LogP contribution in [0.3, 0.4) is 0 Å². The molecule has 8 nitrogen and oxygen atoms in total. The lowest BCUT2D eigenvalue weighted by Gasteiger charge is -2.18. The maximum Gasteiger partial charge on any atom is 0.234 e. The summed E-state index contributed by atoms with van der Waals surface area (Å²) in [5.74, 6) is 1.09. The number of aromatic nitrogens is 1. The molecule has 1 N–H and O–H groups in total. The van der Waals surface area contributed by atoms with Gasteiger partial charge in [-0.3, -0.25) is 0 Å². The molecular weight excluding hydrogens is 475 g/mol. The van der Waals surface area contributed by atoms with Crippen LogP contribution in [0.15, 0.2) is 81.1 Å². The van der Waals surface area contributed by atoms with Gasteiger partial charge in [-0.15, -0.1) is 0 Å². The minimum absolute atomic E-state index is 0.0202.